The van der Waals surface area contributed by atoms with Gasteiger partial charge in [0.2, 0.25) is 5.82 Å². The predicted octanol–water partition coefficient (Wildman–Crippen LogP) is 2.74. The second-order valence-corrected chi connectivity index (χ2v) is 8.13. The number of carbonyl (C=O) groups is 1. The molecule has 1 aliphatic carbocycles. The van der Waals surface area contributed by atoms with Gasteiger partial charge in [-0.05, 0) is 32.8 Å². The van der Waals surface area contributed by atoms with Crippen LogP contribution in [0.2, 0.25) is 0 Å². The van der Waals surface area contributed by atoms with E-state index in [9.17, 15) is 4.79 Å². The number of piperazine rings is 1. The fourth-order valence-corrected chi connectivity index (χ4v) is 3.67. The van der Waals surface area contributed by atoms with Crippen LogP contribution in [0.1, 0.15) is 25.5 Å². The highest BCUT2D eigenvalue weighted by Crippen LogP contribution is 2.39. The van der Waals surface area contributed by atoms with Crippen molar-refractivity contribution >= 4 is 23.0 Å². The number of amides is 1. The molecule has 3 heterocycles. The quantitative estimate of drug-likeness (QED) is 0.672. The Morgan fingerprint density at radius 3 is 2.69 bits per heavy atom. The topological polar surface area (TPSA) is 89.5 Å². The molecule has 2 fully saturated rings. The lowest BCUT2D eigenvalue weighted by atomic mass is 10.1. The van der Waals surface area contributed by atoms with Crippen LogP contribution in [0.4, 0.5) is 10.8 Å². The van der Waals surface area contributed by atoms with Gasteiger partial charge in [0.25, 0.3) is 0 Å². The highest BCUT2D eigenvalue weighted by atomic mass is 16.6. The van der Waals surface area contributed by atoms with Crippen LogP contribution in [-0.4, -0.2) is 62.7 Å². The van der Waals surface area contributed by atoms with Gasteiger partial charge in [0.15, 0.2) is 0 Å². The van der Waals surface area contributed by atoms with E-state index in [0.29, 0.717) is 38.0 Å². The second-order valence-electron chi connectivity index (χ2n) is 8.13. The third kappa shape index (κ3) is 3.30. The largest absolute Gasteiger partial charge is 0.443 e. The van der Waals surface area contributed by atoms with E-state index >= 15 is 0 Å². The lowest BCUT2D eigenvalue weighted by Crippen LogP contribution is -2.49. The van der Waals surface area contributed by atoms with Crippen LogP contribution in [0.25, 0.3) is 22.3 Å². The van der Waals surface area contributed by atoms with Gasteiger partial charge in [-0.15, -0.1) is 0 Å². The minimum absolute atomic E-state index is 0.226. The SMILES string of the molecule is Cc1nn(C)c2cc(-c3noc(N4CCN(C(=O)OC5(C)CC5)CC4)n3)ccc12. The molecular formula is C20H24N6O3. The Hall–Kier alpha value is -3.10. The van der Waals surface area contributed by atoms with Crippen molar-refractivity contribution in [1.82, 2.24) is 24.8 Å². The summed E-state index contributed by atoms with van der Waals surface area (Å²) >= 11 is 0. The van der Waals surface area contributed by atoms with E-state index in [4.69, 9.17) is 9.26 Å². The van der Waals surface area contributed by atoms with E-state index in [1.54, 1.807) is 4.90 Å². The maximum absolute atomic E-state index is 12.2. The van der Waals surface area contributed by atoms with Gasteiger partial charge in [0.1, 0.15) is 5.60 Å². The first-order valence-corrected chi connectivity index (χ1v) is 9.92. The van der Waals surface area contributed by atoms with Crippen molar-refractivity contribution in [2.75, 3.05) is 31.1 Å². The molecule has 0 unspecified atom stereocenters. The highest BCUT2D eigenvalue weighted by molar-refractivity contribution is 5.85. The van der Waals surface area contributed by atoms with Gasteiger partial charge < -0.3 is 19.1 Å². The van der Waals surface area contributed by atoms with Crippen molar-refractivity contribution < 1.29 is 14.1 Å². The number of carbonyl (C=O) groups excluding carboxylic acids is 1. The van der Waals surface area contributed by atoms with E-state index in [1.165, 1.54) is 0 Å². The van der Waals surface area contributed by atoms with Crippen molar-refractivity contribution in [2.45, 2.75) is 32.3 Å². The number of hydrogen-bond donors (Lipinski definition) is 0. The van der Waals surface area contributed by atoms with E-state index < -0.39 is 0 Å². The van der Waals surface area contributed by atoms with Crippen LogP contribution in [-0.2, 0) is 11.8 Å². The molecule has 1 amide bonds. The lowest BCUT2D eigenvalue weighted by Gasteiger charge is -2.33. The van der Waals surface area contributed by atoms with E-state index in [1.807, 2.05) is 48.7 Å². The summed E-state index contributed by atoms with van der Waals surface area (Å²) in [6, 6.07) is 6.52. The summed E-state index contributed by atoms with van der Waals surface area (Å²) in [5, 5.41) is 9.72. The Morgan fingerprint density at radius 2 is 1.97 bits per heavy atom. The Bertz CT molecular complexity index is 1080. The maximum atomic E-state index is 12.2. The van der Waals surface area contributed by atoms with Crippen LogP contribution >= 0.6 is 0 Å². The summed E-state index contributed by atoms with van der Waals surface area (Å²) in [4.78, 5) is 20.6. The van der Waals surface area contributed by atoms with Crippen molar-refractivity contribution in [2.24, 2.45) is 7.05 Å². The van der Waals surface area contributed by atoms with Gasteiger partial charge >= 0.3 is 12.1 Å². The fraction of sp³-hybridized carbons (Fsp3) is 0.500. The second kappa shape index (κ2) is 6.47. The Balaban J connectivity index is 1.27. The minimum atomic E-state index is -0.247. The molecule has 0 spiro atoms. The van der Waals surface area contributed by atoms with E-state index in [0.717, 1.165) is 35.0 Å². The average molecular weight is 396 g/mol. The monoisotopic (exact) mass is 396 g/mol. The predicted molar refractivity (Wildman–Crippen MR) is 107 cm³/mol. The molecule has 0 bridgehead atoms. The van der Waals surface area contributed by atoms with Crippen molar-refractivity contribution in [1.29, 1.82) is 0 Å². The number of aromatic nitrogens is 4. The summed E-state index contributed by atoms with van der Waals surface area (Å²) in [6.45, 7) is 6.39. The van der Waals surface area contributed by atoms with Gasteiger partial charge in [-0.25, -0.2) is 4.79 Å². The van der Waals surface area contributed by atoms with Crippen molar-refractivity contribution in [3.63, 3.8) is 0 Å². The van der Waals surface area contributed by atoms with Crippen LogP contribution in [0, 0.1) is 6.92 Å². The zero-order valence-electron chi connectivity index (χ0n) is 16.9. The molecule has 2 aliphatic rings. The number of nitrogens with zero attached hydrogens (tertiary/aromatic N) is 6. The van der Waals surface area contributed by atoms with Gasteiger partial charge in [-0.1, -0.05) is 17.3 Å². The molecule has 3 aromatic rings. The standard InChI is InChI=1S/C20H24N6O3/c1-13-15-5-4-14(12-16(15)24(3)22-13)17-21-18(29-23-17)25-8-10-26(11-9-25)19(27)28-20(2)6-7-20/h4-5,12H,6-11H2,1-3H3. The van der Waals surface area contributed by atoms with Crippen LogP contribution < -0.4 is 4.90 Å². The molecular weight excluding hydrogens is 372 g/mol. The normalized spacial score (nSPS) is 18.3. The van der Waals surface area contributed by atoms with Crippen molar-refractivity contribution in [3.05, 3.63) is 23.9 Å². The summed E-state index contributed by atoms with van der Waals surface area (Å²) in [5.41, 5.74) is 2.66. The molecule has 1 saturated heterocycles. The third-order valence-electron chi connectivity index (χ3n) is 5.81. The molecule has 1 saturated carbocycles. The average Bonchev–Trinajstić information content (AvgIpc) is 3.14. The van der Waals surface area contributed by atoms with Crippen molar-refractivity contribution in [3.8, 4) is 11.4 Å². The highest BCUT2D eigenvalue weighted by Gasteiger charge is 2.43. The first-order valence-electron chi connectivity index (χ1n) is 9.92. The van der Waals surface area contributed by atoms with E-state index in [-0.39, 0.29) is 11.7 Å². The number of ether oxygens (including phenoxy) is 1. The molecule has 1 aliphatic heterocycles. The Morgan fingerprint density at radius 1 is 1.21 bits per heavy atom. The lowest BCUT2D eigenvalue weighted by molar-refractivity contribution is 0.0568. The first-order chi connectivity index (χ1) is 13.9. The van der Waals surface area contributed by atoms with Gasteiger partial charge in [0, 0.05) is 44.2 Å². The Kier molecular flexibility index (Phi) is 4.01. The zero-order chi connectivity index (χ0) is 20.2. The smallest absolute Gasteiger partial charge is 0.410 e. The molecule has 2 aromatic heterocycles. The zero-order valence-corrected chi connectivity index (χ0v) is 16.9. The van der Waals surface area contributed by atoms with Gasteiger partial charge in [0.05, 0.1) is 11.2 Å². The molecule has 5 rings (SSSR count). The van der Waals surface area contributed by atoms with Crippen LogP contribution in [0.15, 0.2) is 22.7 Å². The molecule has 9 nitrogen and oxygen atoms in total. The van der Waals surface area contributed by atoms with Crippen LogP contribution in [0.3, 0.4) is 0 Å². The third-order valence-corrected chi connectivity index (χ3v) is 5.81. The minimum Gasteiger partial charge on any atom is -0.443 e. The molecule has 0 atom stereocenters. The molecule has 0 N–H and O–H groups in total. The maximum Gasteiger partial charge on any atom is 0.410 e. The van der Waals surface area contributed by atoms with E-state index in [2.05, 4.69) is 15.2 Å². The molecule has 1 aromatic carbocycles. The molecule has 9 heteroatoms. The van der Waals surface area contributed by atoms with Crippen LogP contribution in [0.5, 0.6) is 0 Å². The van der Waals surface area contributed by atoms with Gasteiger partial charge in [-0.3, -0.25) is 4.68 Å². The molecule has 0 radical (unpaired) electrons. The summed E-state index contributed by atoms with van der Waals surface area (Å²) in [5.74, 6) is 0.546. The summed E-state index contributed by atoms with van der Waals surface area (Å²) in [7, 11) is 1.93. The Labute approximate surface area is 168 Å². The first kappa shape index (κ1) is 18.0. The number of fused-ring (bicyclic) bond motifs is 1. The summed E-state index contributed by atoms with van der Waals surface area (Å²) < 4.78 is 12.9. The van der Waals surface area contributed by atoms with Gasteiger partial charge in [-0.2, -0.15) is 10.1 Å². The number of anilines is 1. The summed E-state index contributed by atoms with van der Waals surface area (Å²) in [6.07, 6.45) is 1.68. The number of benzene rings is 1. The fourth-order valence-electron chi connectivity index (χ4n) is 3.67. The number of rotatable bonds is 3. The number of hydrogen-bond acceptors (Lipinski definition) is 7. The number of aryl methyl sites for hydroxylation is 2. The molecule has 152 valence electrons. The molecule has 29 heavy (non-hydrogen) atoms.